The van der Waals surface area contributed by atoms with Gasteiger partial charge in [0.05, 0.1) is 6.54 Å². The minimum absolute atomic E-state index is 0.527. The molecule has 2 aliphatic rings. The minimum atomic E-state index is 0.527. The summed E-state index contributed by atoms with van der Waals surface area (Å²) in [6, 6.07) is 0. The second kappa shape index (κ2) is 5.14. The molecule has 5 heteroatoms. The van der Waals surface area contributed by atoms with Gasteiger partial charge in [-0.3, -0.25) is 4.90 Å². The van der Waals surface area contributed by atoms with E-state index in [0.29, 0.717) is 5.92 Å². The summed E-state index contributed by atoms with van der Waals surface area (Å²) >= 11 is 0. The summed E-state index contributed by atoms with van der Waals surface area (Å²) in [4.78, 5) is 6.92. The molecule has 1 saturated carbocycles. The van der Waals surface area contributed by atoms with E-state index in [0.717, 1.165) is 44.4 Å². The van der Waals surface area contributed by atoms with E-state index < -0.39 is 0 Å². The van der Waals surface area contributed by atoms with Crippen LogP contribution in [0.25, 0.3) is 0 Å². The maximum atomic E-state index is 5.39. The molecule has 0 amide bonds. The van der Waals surface area contributed by atoms with E-state index in [1.165, 1.54) is 25.7 Å². The highest BCUT2D eigenvalue weighted by Gasteiger charge is 2.23. The van der Waals surface area contributed by atoms with Gasteiger partial charge in [0.25, 0.3) is 0 Å². The number of rotatable bonds is 3. The number of nitrogens with one attached hydrogen (secondary N) is 1. The van der Waals surface area contributed by atoms with Gasteiger partial charge in [-0.25, -0.2) is 0 Å². The molecular weight excluding hydrogens is 216 g/mol. The highest BCUT2D eigenvalue weighted by molar-refractivity contribution is 4.96. The van der Waals surface area contributed by atoms with Gasteiger partial charge in [-0.05, 0) is 12.8 Å². The van der Waals surface area contributed by atoms with Crippen molar-refractivity contribution >= 4 is 0 Å². The van der Waals surface area contributed by atoms with E-state index in [4.69, 9.17) is 4.52 Å². The Morgan fingerprint density at radius 3 is 2.76 bits per heavy atom. The van der Waals surface area contributed by atoms with Gasteiger partial charge in [-0.1, -0.05) is 18.0 Å². The van der Waals surface area contributed by atoms with E-state index in [2.05, 4.69) is 20.4 Å². The van der Waals surface area contributed by atoms with Gasteiger partial charge >= 0.3 is 0 Å². The maximum absolute atomic E-state index is 5.39. The first-order valence-electron chi connectivity index (χ1n) is 6.67. The van der Waals surface area contributed by atoms with E-state index >= 15 is 0 Å². The summed E-state index contributed by atoms with van der Waals surface area (Å²) in [5.74, 6) is 2.25. The largest absolute Gasteiger partial charge is 0.339 e. The normalized spacial score (nSPS) is 23.3. The SMILES string of the molecule is C1CCC(c2nc(CN3CCNCC3)no2)C1. The molecule has 1 N–H and O–H groups in total. The molecule has 0 radical (unpaired) electrons. The van der Waals surface area contributed by atoms with Crippen LogP contribution in [-0.4, -0.2) is 41.2 Å². The molecule has 2 fully saturated rings. The second-order valence-corrected chi connectivity index (χ2v) is 5.06. The molecule has 1 aliphatic heterocycles. The van der Waals surface area contributed by atoms with Crippen LogP contribution in [0.3, 0.4) is 0 Å². The van der Waals surface area contributed by atoms with Gasteiger partial charge in [0.15, 0.2) is 5.82 Å². The lowest BCUT2D eigenvalue weighted by Gasteiger charge is -2.25. The minimum Gasteiger partial charge on any atom is -0.339 e. The van der Waals surface area contributed by atoms with Gasteiger partial charge < -0.3 is 9.84 Å². The maximum Gasteiger partial charge on any atom is 0.229 e. The van der Waals surface area contributed by atoms with Crippen molar-refractivity contribution in [3.8, 4) is 0 Å². The average molecular weight is 236 g/mol. The lowest BCUT2D eigenvalue weighted by molar-refractivity contribution is 0.224. The van der Waals surface area contributed by atoms with Crippen LogP contribution in [-0.2, 0) is 6.54 Å². The van der Waals surface area contributed by atoms with Gasteiger partial charge in [0.2, 0.25) is 5.89 Å². The fourth-order valence-corrected chi connectivity index (χ4v) is 2.74. The standard InChI is InChI=1S/C12H20N4O/c1-2-4-10(3-1)12-14-11(15-17-12)9-16-7-5-13-6-8-16/h10,13H,1-9H2. The molecule has 1 aromatic rings. The van der Waals surface area contributed by atoms with Crippen LogP contribution in [0.2, 0.25) is 0 Å². The van der Waals surface area contributed by atoms with Crippen molar-refractivity contribution in [1.29, 1.82) is 0 Å². The van der Waals surface area contributed by atoms with Crippen LogP contribution < -0.4 is 5.32 Å². The molecule has 0 aromatic carbocycles. The smallest absolute Gasteiger partial charge is 0.229 e. The summed E-state index contributed by atoms with van der Waals surface area (Å²) < 4.78 is 5.39. The summed E-state index contributed by atoms with van der Waals surface area (Å²) in [5.41, 5.74) is 0. The van der Waals surface area contributed by atoms with Gasteiger partial charge in [-0.15, -0.1) is 0 Å². The topological polar surface area (TPSA) is 54.2 Å². The van der Waals surface area contributed by atoms with E-state index in [1.54, 1.807) is 0 Å². The van der Waals surface area contributed by atoms with Crippen LogP contribution in [0.1, 0.15) is 43.3 Å². The molecule has 0 unspecified atom stereocenters. The Labute approximate surface area is 102 Å². The molecule has 94 valence electrons. The lowest BCUT2D eigenvalue weighted by Crippen LogP contribution is -2.43. The summed E-state index contributed by atoms with van der Waals surface area (Å²) in [5, 5.41) is 7.45. The molecule has 5 nitrogen and oxygen atoms in total. The lowest BCUT2D eigenvalue weighted by atomic mass is 10.1. The third-order valence-electron chi connectivity index (χ3n) is 3.76. The number of nitrogens with zero attached hydrogens (tertiary/aromatic N) is 3. The Morgan fingerprint density at radius 2 is 2.00 bits per heavy atom. The van der Waals surface area contributed by atoms with E-state index in [-0.39, 0.29) is 0 Å². The summed E-state index contributed by atoms with van der Waals surface area (Å²) in [6.45, 7) is 5.11. The summed E-state index contributed by atoms with van der Waals surface area (Å²) in [7, 11) is 0. The molecule has 2 heterocycles. The Hall–Kier alpha value is -0.940. The monoisotopic (exact) mass is 236 g/mol. The van der Waals surface area contributed by atoms with Crippen LogP contribution in [0.5, 0.6) is 0 Å². The zero-order chi connectivity index (χ0) is 11.5. The second-order valence-electron chi connectivity index (χ2n) is 5.06. The molecule has 0 spiro atoms. The predicted molar refractivity (Wildman–Crippen MR) is 63.7 cm³/mol. The number of hydrogen-bond acceptors (Lipinski definition) is 5. The van der Waals surface area contributed by atoms with Crippen molar-refractivity contribution in [1.82, 2.24) is 20.4 Å². The Bertz CT molecular complexity index is 353. The van der Waals surface area contributed by atoms with Gasteiger partial charge in [0.1, 0.15) is 0 Å². The van der Waals surface area contributed by atoms with Crippen molar-refractivity contribution in [2.24, 2.45) is 0 Å². The van der Waals surface area contributed by atoms with E-state index in [1.807, 2.05) is 0 Å². The Balaban J connectivity index is 1.59. The van der Waals surface area contributed by atoms with Crippen LogP contribution in [0.15, 0.2) is 4.52 Å². The first-order valence-corrected chi connectivity index (χ1v) is 6.67. The van der Waals surface area contributed by atoms with Gasteiger partial charge in [0, 0.05) is 32.1 Å². The molecule has 1 saturated heterocycles. The molecular formula is C12H20N4O. The van der Waals surface area contributed by atoms with Crippen molar-refractivity contribution < 1.29 is 4.52 Å². The quantitative estimate of drug-likeness (QED) is 0.852. The van der Waals surface area contributed by atoms with Crippen molar-refractivity contribution in [2.45, 2.75) is 38.1 Å². The predicted octanol–water partition coefficient (Wildman–Crippen LogP) is 1.13. The van der Waals surface area contributed by atoms with Crippen molar-refractivity contribution in [3.05, 3.63) is 11.7 Å². The molecule has 1 aromatic heterocycles. The van der Waals surface area contributed by atoms with Crippen molar-refractivity contribution in [2.75, 3.05) is 26.2 Å². The molecule has 0 bridgehead atoms. The number of aromatic nitrogens is 2. The average Bonchev–Trinajstić information content (AvgIpc) is 3.00. The van der Waals surface area contributed by atoms with Crippen molar-refractivity contribution in [3.63, 3.8) is 0 Å². The molecule has 3 rings (SSSR count). The third kappa shape index (κ3) is 2.66. The zero-order valence-electron chi connectivity index (χ0n) is 10.2. The zero-order valence-corrected chi connectivity index (χ0v) is 10.2. The number of hydrogen-bond donors (Lipinski definition) is 1. The Morgan fingerprint density at radius 1 is 1.24 bits per heavy atom. The first kappa shape index (κ1) is 11.2. The van der Waals surface area contributed by atoms with Gasteiger partial charge in [-0.2, -0.15) is 4.98 Å². The highest BCUT2D eigenvalue weighted by Crippen LogP contribution is 2.32. The Kier molecular flexibility index (Phi) is 3.38. The fraction of sp³-hybridized carbons (Fsp3) is 0.833. The third-order valence-corrected chi connectivity index (χ3v) is 3.76. The van der Waals surface area contributed by atoms with Crippen LogP contribution in [0.4, 0.5) is 0 Å². The summed E-state index contributed by atoms with van der Waals surface area (Å²) in [6.07, 6.45) is 5.05. The molecule has 0 atom stereocenters. The fourth-order valence-electron chi connectivity index (χ4n) is 2.74. The first-order chi connectivity index (χ1) is 8.42. The number of piperazine rings is 1. The highest BCUT2D eigenvalue weighted by atomic mass is 16.5. The van der Waals surface area contributed by atoms with Crippen LogP contribution in [0, 0.1) is 0 Å². The molecule has 1 aliphatic carbocycles. The van der Waals surface area contributed by atoms with E-state index in [9.17, 15) is 0 Å². The van der Waals surface area contributed by atoms with Crippen LogP contribution >= 0.6 is 0 Å². The molecule has 17 heavy (non-hydrogen) atoms.